The number of carbonyl (C=O) groups is 3. The van der Waals surface area contributed by atoms with Crippen LogP contribution in [0.1, 0.15) is 5.56 Å². The monoisotopic (exact) mass is 343 g/mol. The zero-order valence-corrected chi connectivity index (χ0v) is 12.3. The average molecular weight is 344 g/mol. The SMILES string of the molecule is Cc1ccc(NC(=O)N(CC(N)=O)CC(=O)O)cc1Br. The van der Waals surface area contributed by atoms with Gasteiger partial charge in [0.1, 0.15) is 13.1 Å². The molecule has 3 amide bonds. The molecule has 1 rings (SSSR count). The number of benzene rings is 1. The van der Waals surface area contributed by atoms with Gasteiger partial charge in [0.2, 0.25) is 5.91 Å². The summed E-state index contributed by atoms with van der Waals surface area (Å²) in [7, 11) is 0. The number of carboxylic acid groups (broad SMARTS) is 1. The molecule has 0 heterocycles. The van der Waals surface area contributed by atoms with E-state index >= 15 is 0 Å². The molecule has 0 saturated carbocycles. The second kappa shape index (κ2) is 6.90. The van der Waals surface area contributed by atoms with Crippen LogP contribution in [0.3, 0.4) is 0 Å². The molecule has 1 aromatic rings. The summed E-state index contributed by atoms with van der Waals surface area (Å²) in [5.41, 5.74) is 6.45. The minimum Gasteiger partial charge on any atom is -0.480 e. The number of aryl methyl sites for hydroxylation is 1. The Balaban J connectivity index is 2.81. The van der Waals surface area contributed by atoms with E-state index in [1.165, 1.54) is 0 Å². The predicted octanol–water partition coefficient (Wildman–Crippen LogP) is 1.16. The number of hydrogen-bond acceptors (Lipinski definition) is 3. The maximum atomic E-state index is 11.9. The summed E-state index contributed by atoms with van der Waals surface area (Å²) in [5, 5.41) is 11.2. The normalized spacial score (nSPS) is 9.90. The summed E-state index contributed by atoms with van der Waals surface area (Å²) in [6.45, 7) is 0.812. The Kier molecular flexibility index (Phi) is 5.51. The number of nitrogens with one attached hydrogen (secondary N) is 1. The van der Waals surface area contributed by atoms with Crippen LogP contribution in [0.15, 0.2) is 22.7 Å². The molecule has 4 N–H and O–H groups in total. The van der Waals surface area contributed by atoms with Crippen LogP contribution in [0.2, 0.25) is 0 Å². The van der Waals surface area contributed by atoms with Gasteiger partial charge in [-0.15, -0.1) is 0 Å². The number of hydrogen-bond donors (Lipinski definition) is 3. The Bertz CT molecular complexity index is 532. The van der Waals surface area contributed by atoms with Crippen molar-refractivity contribution in [1.82, 2.24) is 4.90 Å². The predicted molar refractivity (Wildman–Crippen MR) is 76.3 cm³/mol. The van der Waals surface area contributed by atoms with Crippen molar-refractivity contribution in [1.29, 1.82) is 0 Å². The number of rotatable bonds is 5. The summed E-state index contributed by atoms with van der Waals surface area (Å²) in [6.07, 6.45) is 0. The fourth-order valence-electron chi connectivity index (χ4n) is 1.42. The summed E-state index contributed by atoms with van der Waals surface area (Å²) >= 11 is 3.32. The van der Waals surface area contributed by atoms with Crippen LogP contribution in [-0.4, -0.2) is 41.0 Å². The minimum atomic E-state index is -1.23. The molecule has 20 heavy (non-hydrogen) atoms. The molecule has 0 bridgehead atoms. The van der Waals surface area contributed by atoms with E-state index in [0.717, 1.165) is 14.9 Å². The third-order valence-corrected chi connectivity index (χ3v) is 3.24. The molecule has 0 atom stereocenters. The number of amides is 3. The maximum Gasteiger partial charge on any atom is 0.323 e. The van der Waals surface area contributed by atoms with Crippen molar-refractivity contribution in [2.75, 3.05) is 18.4 Å². The van der Waals surface area contributed by atoms with Gasteiger partial charge < -0.3 is 21.1 Å². The lowest BCUT2D eigenvalue weighted by atomic mass is 10.2. The van der Waals surface area contributed by atoms with Gasteiger partial charge in [0.05, 0.1) is 0 Å². The molecule has 7 nitrogen and oxygen atoms in total. The van der Waals surface area contributed by atoms with Gasteiger partial charge >= 0.3 is 12.0 Å². The van der Waals surface area contributed by atoms with Gasteiger partial charge in [0, 0.05) is 10.2 Å². The van der Waals surface area contributed by atoms with E-state index in [2.05, 4.69) is 21.2 Å². The lowest BCUT2D eigenvalue weighted by molar-refractivity contribution is -0.137. The summed E-state index contributed by atoms with van der Waals surface area (Å²) in [4.78, 5) is 34.2. The van der Waals surface area contributed by atoms with E-state index in [9.17, 15) is 14.4 Å². The zero-order valence-electron chi connectivity index (χ0n) is 10.7. The molecular formula is C12H14BrN3O4. The Morgan fingerprint density at radius 1 is 1.35 bits per heavy atom. The van der Waals surface area contributed by atoms with Gasteiger partial charge in [-0.2, -0.15) is 0 Å². The maximum absolute atomic E-state index is 11.9. The van der Waals surface area contributed by atoms with E-state index in [4.69, 9.17) is 10.8 Å². The van der Waals surface area contributed by atoms with Crippen LogP contribution < -0.4 is 11.1 Å². The van der Waals surface area contributed by atoms with Gasteiger partial charge in [0.15, 0.2) is 0 Å². The quantitative estimate of drug-likeness (QED) is 0.744. The van der Waals surface area contributed by atoms with Crippen molar-refractivity contribution in [2.45, 2.75) is 6.92 Å². The second-order valence-corrected chi connectivity index (χ2v) is 4.96. The van der Waals surface area contributed by atoms with Crippen LogP contribution >= 0.6 is 15.9 Å². The Labute approximate surface area is 123 Å². The largest absolute Gasteiger partial charge is 0.480 e. The van der Waals surface area contributed by atoms with E-state index in [1.807, 2.05) is 6.92 Å². The van der Waals surface area contributed by atoms with E-state index in [-0.39, 0.29) is 0 Å². The van der Waals surface area contributed by atoms with Crippen molar-refractivity contribution in [3.8, 4) is 0 Å². The molecule has 108 valence electrons. The first-order valence-electron chi connectivity index (χ1n) is 5.61. The van der Waals surface area contributed by atoms with Crippen molar-refractivity contribution < 1.29 is 19.5 Å². The number of anilines is 1. The molecular weight excluding hydrogens is 330 g/mol. The first kappa shape index (κ1) is 16.0. The lowest BCUT2D eigenvalue weighted by Crippen LogP contribution is -2.43. The molecule has 0 saturated heterocycles. The highest BCUT2D eigenvalue weighted by Gasteiger charge is 2.19. The van der Waals surface area contributed by atoms with Gasteiger partial charge in [0.25, 0.3) is 0 Å². The number of nitrogens with zero attached hydrogens (tertiary/aromatic N) is 1. The van der Waals surface area contributed by atoms with Crippen LogP contribution in [0.5, 0.6) is 0 Å². The van der Waals surface area contributed by atoms with Crippen LogP contribution in [0.4, 0.5) is 10.5 Å². The Morgan fingerprint density at radius 3 is 2.50 bits per heavy atom. The molecule has 0 fully saturated rings. The lowest BCUT2D eigenvalue weighted by Gasteiger charge is -2.19. The van der Waals surface area contributed by atoms with Crippen molar-refractivity contribution in [2.24, 2.45) is 5.73 Å². The van der Waals surface area contributed by atoms with E-state index in [0.29, 0.717) is 5.69 Å². The summed E-state index contributed by atoms with van der Waals surface area (Å²) < 4.78 is 0.801. The molecule has 0 spiro atoms. The van der Waals surface area contributed by atoms with Crippen LogP contribution in [0.25, 0.3) is 0 Å². The van der Waals surface area contributed by atoms with Crippen molar-refractivity contribution >= 4 is 39.5 Å². The third-order valence-electron chi connectivity index (χ3n) is 2.38. The van der Waals surface area contributed by atoms with Gasteiger partial charge in [-0.05, 0) is 24.6 Å². The molecule has 8 heteroatoms. The summed E-state index contributed by atoms with van der Waals surface area (Å²) in [5.74, 6) is -2.02. The Hall–Kier alpha value is -2.09. The molecule has 0 radical (unpaired) electrons. The third kappa shape index (κ3) is 4.88. The first-order valence-corrected chi connectivity index (χ1v) is 6.41. The topological polar surface area (TPSA) is 113 Å². The van der Waals surface area contributed by atoms with Gasteiger partial charge in [-0.25, -0.2) is 4.79 Å². The highest BCUT2D eigenvalue weighted by atomic mass is 79.9. The fourth-order valence-corrected chi connectivity index (χ4v) is 1.80. The highest BCUT2D eigenvalue weighted by molar-refractivity contribution is 9.10. The molecule has 0 aromatic heterocycles. The number of aliphatic carboxylic acids is 1. The highest BCUT2D eigenvalue weighted by Crippen LogP contribution is 2.20. The Morgan fingerprint density at radius 2 is 2.00 bits per heavy atom. The summed E-state index contributed by atoms with van der Waals surface area (Å²) in [6, 6.07) is 4.43. The molecule has 1 aromatic carbocycles. The van der Waals surface area contributed by atoms with E-state index < -0.39 is 31.0 Å². The molecule has 0 aliphatic rings. The number of carboxylic acids is 1. The fraction of sp³-hybridized carbons (Fsp3) is 0.250. The standard InChI is InChI=1S/C12H14BrN3O4/c1-7-2-3-8(4-9(7)13)15-12(20)16(5-10(14)17)6-11(18)19/h2-4H,5-6H2,1H3,(H2,14,17)(H,15,20)(H,18,19). The van der Waals surface area contributed by atoms with Gasteiger partial charge in [-0.3, -0.25) is 9.59 Å². The number of nitrogens with two attached hydrogens (primary N) is 1. The number of urea groups is 1. The number of carbonyl (C=O) groups excluding carboxylic acids is 2. The molecule has 0 unspecified atom stereocenters. The van der Waals surface area contributed by atoms with Crippen LogP contribution in [0, 0.1) is 6.92 Å². The molecule has 0 aliphatic heterocycles. The number of primary amides is 1. The van der Waals surface area contributed by atoms with Crippen LogP contribution in [-0.2, 0) is 9.59 Å². The average Bonchev–Trinajstić information content (AvgIpc) is 2.32. The van der Waals surface area contributed by atoms with Crippen molar-refractivity contribution in [3.63, 3.8) is 0 Å². The van der Waals surface area contributed by atoms with Gasteiger partial charge in [-0.1, -0.05) is 22.0 Å². The molecule has 0 aliphatic carbocycles. The minimum absolute atomic E-state index is 0.467. The second-order valence-electron chi connectivity index (χ2n) is 4.11. The smallest absolute Gasteiger partial charge is 0.323 e. The first-order chi connectivity index (χ1) is 9.29. The van der Waals surface area contributed by atoms with E-state index in [1.54, 1.807) is 18.2 Å². The van der Waals surface area contributed by atoms with Crippen molar-refractivity contribution in [3.05, 3.63) is 28.2 Å². The zero-order chi connectivity index (χ0) is 15.3. The number of halogens is 1.